The zero-order valence-corrected chi connectivity index (χ0v) is 10.2. The zero-order chi connectivity index (χ0) is 11.7. The lowest BCUT2D eigenvalue weighted by Gasteiger charge is -2.26. The maximum Gasteiger partial charge on any atom is 0.312 e. The van der Waals surface area contributed by atoms with E-state index in [2.05, 4.69) is 31.4 Å². The molecule has 0 aliphatic heterocycles. The molecule has 0 saturated heterocycles. The molecule has 4 nitrogen and oxygen atoms in total. The highest BCUT2D eigenvalue weighted by atomic mass is 16.2. The molecule has 0 spiro atoms. The summed E-state index contributed by atoms with van der Waals surface area (Å²) in [4.78, 5) is 10.6. The molecule has 4 N–H and O–H groups in total. The quantitative estimate of drug-likeness (QED) is 0.574. The van der Waals surface area contributed by atoms with E-state index in [-0.39, 0.29) is 0 Å². The van der Waals surface area contributed by atoms with Crippen molar-refractivity contribution in [1.82, 2.24) is 10.6 Å². The lowest BCUT2D eigenvalue weighted by Crippen LogP contribution is -2.43. The number of rotatable bonds is 8. The fourth-order valence-electron chi connectivity index (χ4n) is 1.88. The molecule has 0 aromatic rings. The van der Waals surface area contributed by atoms with Gasteiger partial charge in [-0.2, -0.15) is 0 Å². The van der Waals surface area contributed by atoms with E-state index in [0.29, 0.717) is 18.5 Å². The Morgan fingerprint density at radius 3 is 2.40 bits per heavy atom. The summed E-state index contributed by atoms with van der Waals surface area (Å²) < 4.78 is 0. The van der Waals surface area contributed by atoms with E-state index in [1.807, 2.05) is 0 Å². The molecular formula is C11H25N3O. The molecule has 0 aromatic heterocycles. The van der Waals surface area contributed by atoms with Crippen LogP contribution in [-0.2, 0) is 0 Å². The average Bonchev–Trinajstić information content (AvgIpc) is 2.19. The van der Waals surface area contributed by atoms with E-state index in [1.165, 1.54) is 0 Å². The largest absolute Gasteiger partial charge is 0.352 e. The van der Waals surface area contributed by atoms with E-state index < -0.39 is 6.03 Å². The summed E-state index contributed by atoms with van der Waals surface area (Å²) in [5.41, 5.74) is 5.07. The molecule has 0 aromatic carbocycles. The SMILES string of the molecule is CCCC(NCC)C(CC)CNC(N)=O. The van der Waals surface area contributed by atoms with Crippen molar-refractivity contribution in [3.8, 4) is 0 Å². The van der Waals surface area contributed by atoms with Crippen molar-refractivity contribution < 1.29 is 4.79 Å². The van der Waals surface area contributed by atoms with Gasteiger partial charge in [0, 0.05) is 12.6 Å². The minimum Gasteiger partial charge on any atom is -0.352 e. The van der Waals surface area contributed by atoms with E-state index in [1.54, 1.807) is 0 Å². The van der Waals surface area contributed by atoms with Crippen LogP contribution in [0.1, 0.15) is 40.0 Å². The summed E-state index contributed by atoms with van der Waals surface area (Å²) in [6.45, 7) is 8.07. The summed E-state index contributed by atoms with van der Waals surface area (Å²) in [6, 6.07) is 0.0528. The smallest absolute Gasteiger partial charge is 0.312 e. The van der Waals surface area contributed by atoms with Gasteiger partial charge in [0.2, 0.25) is 0 Å². The average molecular weight is 215 g/mol. The van der Waals surface area contributed by atoms with Gasteiger partial charge in [-0.25, -0.2) is 4.79 Å². The summed E-state index contributed by atoms with van der Waals surface area (Å²) in [6.07, 6.45) is 3.36. The van der Waals surface area contributed by atoms with Gasteiger partial charge in [0.15, 0.2) is 0 Å². The van der Waals surface area contributed by atoms with Crippen LogP contribution in [0.5, 0.6) is 0 Å². The van der Waals surface area contributed by atoms with E-state index in [9.17, 15) is 4.79 Å². The minimum atomic E-state index is -0.430. The minimum absolute atomic E-state index is 0.430. The molecule has 4 heteroatoms. The number of hydrogen-bond donors (Lipinski definition) is 3. The molecule has 0 aliphatic carbocycles. The topological polar surface area (TPSA) is 67.2 Å². The number of urea groups is 1. The first kappa shape index (κ1) is 14.2. The maximum atomic E-state index is 10.6. The van der Waals surface area contributed by atoms with Crippen LogP contribution in [0.3, 0.4) is 0 Å². The van der Waals surface area contributed by atoms with Crippen molar-refractivity contribution in [3.05, 3.63) is 0 Å². The van der Waals surface area contributed by atoms with Gasteiger partial charge in [-0.3, -0.25) is 0 Å². The first-order chi connectivity index (χ1) is 7.15. The Kier molecular flexibility index (Phi) is 8.09. The molecular weight excluding hydrogens is 190 g/mol. The molecule has 0 bridgehead atoms. The van der Waals surface area contributed by atoms with Gasteiger partial charge in [-0.15, -0.1) is 0 Å². The number of hydrogen-bond acceptors (Lipinski definition) is 2. The van der Waals surface area contributed by atoms with E-state index in [0.717, 1.165) is 25.8 Å². The Bertz CT molecular complexity index is 167. The van der Waals surface area contributed by atoms with Crippen LogP contribution >= 0.6 is 0 Å². The number of amides is 2. The second-order valence-corrected chi connectivity index (χ2v) is 3.87. The van der Waals surface area contributed by atoms with E-state index >= 15 is 0 Å². The predicted molar refractivity (Wildman–Crippen MR) is 63.7 cm³/mol. The molecule has 0 heterocycles. The molecule has 0 fully saturated rings. The maximum absolute atomic E-state index is 10.6. The van der Waals surface area contributed by atoms with Gasteiger partial charge in [-0.1, -0.05) is 33.6 Å². The Labute approximate surface area is 93.0 Å². The first-order valence-electron chi connectivity index (χ1n) is 5.92. The lowest BCUT2D eigenvalue weighted by molar-refractivity contribution is 0.243. The number of carbonyl (C=O) groups is 1. The molecule has 90 valence electrons. The van der Waals surface area contributed by atoms with Crippen molar-refractivity contribution >= 4 is 6.03 Å². The highest BCUT2D eigenvalue weighted by Gasteiger charge is 2.18. The standard InChI is InChI=1S/C11H25N3O/c1-4-7-10(13-6-3)9(5-2)8-14-11(12)15/h9-10,13H,4-8H2,1-3H3,(H3,12,14,15). The molecule has 2 atom stereocenters. The number of nitrogens with one attached hydrogen (secondary N) is 2. The van der Waals surface area contributed by atoms with Crippen molar-refractivity contribution in [1.29, 1.82) is 0 Å². The van der Waals surface area contributed by atoms with Gasteiger partial charge in [0.05, 0.1) is 0 Å². The fourth-order valence-corrected chi connectivity index (χ4v) is 1.88. The van der Waals surface area contributed by atoms with Gasteiger partial charge in [0.25, 0.3) is 0 Å². The Hall–Kier alpha value is -0.770. The van der Waals surface area contributed by atoms with Crippen LogP contribution in [0.4, 0.5) is 4.79 Å². The van der Waals surface area contributed by atoms with Crippen LogP contribution in [0, 0.1) is 5.92 Å². The van der Waals surface area contributed by atoms with Crippen LogP contribution in [0.25, 0.3) is 0 Å². The van der Waals surface area contributed by atoms with Crippen LogP contribution in [0.2, 0.25) is 0 Å². The highest BCUT2D eigenvalue weighted by Crippen LogP contribution is 2.12. The third kappa shape index (κ3) is 6.33. The number of nitrogens with two attached hydrogens (primary N) is 1. The summed E-state index contributed by atoms with van der Waals surface area (Å²) in [7, 11) is 0. The highest BCUT2D eigenvalue weighted by molar-refractivity contribution is 5.71. The second kappa shape index (κ2) is 8.53. The Morgan fingerprint density at radius 2 is 2.00 bits per heavy atom. The zero-order valence-electron chi connectivity index (χ0n) is 10.2. The van der Waals surface area contributed by atoms with Crippen molar-refractivity contribution in [2.45, 2.75) is 46.1 Å². The molecule has 0 rings (SSSR count). The number of carbonyl (C=O) groups excluding carboxylic acids is 1. The monoisotopic (exact) mass is 215 g/mol. The van der Waals surface area contributed by atoms with E-state index in [4.69, 9.17) is 5.73 Å². The van der Waals surface area contributed by atoms with Crippen molar-refractivity contribution in [2.75, 3.05) is 13.1 Å². The third-order valence-electron chi connectivity index (χ3n) is 2.70. The molecule has 2 unspecified atom stereocenters. The summed E-state index contributed by atoms with van der Waals surface area (Å²) in [5, 5.41) is 6.16. The van der Waals surface area contributed by atoms with Gasteiger partial charge in [0.1, 0.15) is 0 Å². The Balaban J connectivity index is 4.10. The molecule has 15 heavy (non-hydrogen) atoms. The molecule has 0 aliphatic rings. The van der Waals surface area contributed by atoms with Gasteiger partial charge >= 0.3 is 6.03 Å². The second-order valence-electron chi connectivity index (χ2n) is 3.87. The van der Waals surface area contributed by atoms with Crippen LogP contribution < -0.4 is 16.4 Å². The summed E-state index contributed by atoms with van der Waals surface area (Å²) in [5.74, 6) is 0.470. The molecule has 0 saturated carbocycles. The Morgan fingerprint density at radius 1 is 1.33 bits per heavy atom. The van der Waals surface area contributed by atoms with Gasteiger partial charge < -0.3 is 16.4 Å². The van der Waals surface area contributed by atoms with Crippen molar-refractivity contribution in [2.24, 2.45) is 11.7 Å². The van der Waals surface area contributed by atoms with Crippen LogP contribution in [0.15, 0.2) is 0 Å². The molecule has 0 radical (unpaired) electrons. The number of primary amides is 1. The first-order valence-corrected chi connectivity index (χ1v) is 5.92. The fraction of sp³-hybridized carbons (Fsp3) is 0.909. The normalized spacial score (nSPS) is 14.6. The third-order valence-corrected chi connectivity index (χ3v) is 2.70. The molecule has 2 amide bonds. The predicted octanol–water partition coefficient (Wildman–Crippen LogP) is 1.46. The lowest BCUT2D eigenvalue weighted by atomic mass is 9.93. The summed E-state index contributed by atoms with van der Waals surface area (Å²) >= 11 is 0. The van der Waals surface area contributed by atoms with Crippen molar-refractivity contribution in [3.63, 3.8) is 0 Å². The van der Waals surface area contributed by atoms with Crippen LogP contribution in [-0.4, -0.2) is 25.2 Å². The van der Waals surface area contributed by atoms with Gasteiger partial charge in [-0.05, 0) is 18.9 Å².